The molecule has 0 spiro atoms. The fraction of sp³-hybridized carbons (Fsp3) is 0.667. The van der Waals surface area contributed by atoms with E-state index in [-0.39, 0.29) is 10.7 Å². The Morgan fingerprint density at radius 3 is 2.17 bits per heavy atom. The maximum absolute atomic E-state index is 9.94. The molecule has 0 aromatic rings. The van der Waals surface area contributed by atoms with Gasteiger partial charge in [-0.05, 0) is 22.9 Å². The van der Waals surface area contributed by atoms with Gasteiger partial charge < -0.3 is 5.73 Å². The smallest absolute Gasteiger partial charge is 0.214 e. The molecule has 0 aliphatic rings. The van der Waals surface area contributed by atoms with Crippen LogP contribution in [0.15, 0.2) is 0 Å². The van der Waals surface area contributed by atoms with Crippen molar-refractivity contribution in [2.24, 2.45) is 5.73 Å². The van der Waals surface area contributed by atoms with E-state index in [4.69, 9.17) is 5.73 Å². The lowest BCUT2D eigenvalue weighted by atomic mass is 10.4. The summed E-state index contributed by atoms with van der Waals surface area (Å²) in [4.78, 5) is 9.94. The number of nitrogens with two attached hydrogens (primary N) is 1. The molecule has 0 radical (unpaired) electrons. The van der Waals surface area contributed by atoms with Gasteiger partial charge in [-0.1, -0.05) is 0 Å². The van der Waals surface area contributed by atoms with E-state index in [0.29, 0.717) is 0 Å². The summed E-state index contributed by atoms with van der Waals surface area (Å²) in [5.74, 6) is 0. The van der Waals surface area contributed by atoms with Crippen molar-refractivity contribution in [3.63, 3.8) is 0 Å². The zero-order chi connectivity index (χ0) is 5.15. The molecule has 3 heteroatoms. The van der Waals surface area contributed by atoms with Crippen LogP contribution in [0.4, 0.5) is 0 Å². The number of carbonyl (C=O) groups excluding carboxylic acids is 1. The van der Waals surface area contributed by atoms with Crippen molar-refractivity contribution in [1.82, 2.24) is 0 Å². The van der Waals surface area contributed by atoms with Crippen molar-refractivity contribution in [3.05, 3.63) is 0 Å². The molecule has 0 aromatic heterocycles. The minimum atomic E-state index is -0.370. The van der Waals surface area contributed by atoms with E-state index in [1.54, 1.807) is 6.92 Å². The zero-order valence-corrected chi connectivity index (χ0v) is 5.03. The van der Waals surface area contributed by atoms with E-state index in [0.717, 1.165) is 0 Å². The Hall–Kier alpha value is 0.110. The van der Waals surface area contributed by atoms with Crippen molar-refractivity contribution < 1.29 is 4.79 Å². The topological polar surface area (TPSA) is 43.1 Å². The molecule has 6 heavy (non-hydrogen) atoms. The lowest BCUT2D eigenvalue weighted by Crippen LogP contribution is -2.21. The summed E-state index contributed by atoms with van der Waals surface area (Å²) in [5, 5.41) is 0. The van der Waals surface area contributed by atoms with E-state index in [9.17, 15) is 4.79 Å². The van der Waals surface area contributed by atoms with Gasteiger partial charge in [0.1, 0.15) is 0 Å². The quantitative estimate of drug-likeness (QED) is 0.547. The fourth-order valence-electron chi connectivity index (χ4n) is 0. The molecule has 1 atom stereocenters. The third-order valence-corrected chi connectivity index (χ3v) is 1.08. The van der Waals surface area contributed by atoms with Gasteiger partial charge in [-0.15, -0.1) is 0 Å². The van der Waals surface area contributed by atoms with Crippen LogP contribution in [-0.4, -0.2) is 10.7 Å². The van der Waals surface area contributed by atoms with Gasteiger partial charge in [0.15, 0.2) is 0 Å². The average Bonchev–Trinajstić information content (AvgIpc) is 1.36. The molecule has 0 saturated heterocycles. The van der Waals surface area contributed by atoms with Gasteiger partial charge in [-0.3, -0.25) is 4.79 Å². The number of hydrogen-bond acceptors (Lipinski definition) is 2. The Morgan fingerprint density at radius 1 is 2.00 bits per heavy atom. The van der Waals surface area contributed by atoms with Crippen molar-refractivity contribution >= 4 is 20.6 Å². The van der Waals surface area contributed by atoms with Crippen molar-refractivity contribution in [2.75, 3.05) is 0 Å². The monoisotopic (exact) mass is 151 g/mol. The minimum Gasteiger partial charge on any atom is -0.321 e. The van der Waals surface area contributed by atoms with E-state index >= 15 is 0 Å². The van der Waals surface area contributed by atoms with Crippen molar-refractivity contribution in [2.45, 2.75) is 13.0 Å². The Balaban J connectivity index is 3.26. The molecule has 0 aliphatic heterocycles. The number of halogens is 1. The standard InChI is InChI=1S/C3H6BrNO/c1-2(5)3(4)6/h2H,5H2,1H3/t2-/m1/s1. The van der Waals surface area contributed by atoms with Crippen LogP contribution in [0.1, 0.15) is 6.92 Å². The molecule has 2 N–H and O–H groups in total. The summed E-state index contributed by atoms with van der Waals surface area (Å²) < 4.78 is -0.150. The van der Waals surface area contributed by atoms with E-state index in [1.165, 1.54) is 0 Å². The van der Waals surface area contributed by atoms with Crippen LogP contribution in [-0.2, 0) is 4.79 Å². The third kappa shape index (κ3) is 2.35. The first-order chi connectivity index (χ1) is 2.64. The predicted molar refractivity (Wildman–Crippen MR) is 27.6 cm³/mol. The van der Waals surface area contributed by atoms with Gasteiger partial charge in [0.25, 0.3) is 0 Å². The minimum absolute atomic E-state index is 0.150. The Kier molecular flexibility index (Phi) is 2.35. The van der Waals surface area contributed by atoms with Crippen molar-refractivity contribution in [3.8, 4) is 0 Å². The van der Waals surface area contributed by atoms with Crippen LogP contribution in [0.2, 0.25) is 0 Å². The van der Waals surface area contributed by atoms with Gasteiger partial charge in [0, 0.05) is 0 Å². The van der Waals surface area contributed by atoms with Gasteiger partial charge in [0.2, 0.25) is 4.69 Å². The first kappa shape index (κ1) is 6.11. The summed E-state index contributed by atoms with van der Waals surface area (Å²) in [6, 6.07) is -0.370. The second-order valence-electron chi connectivity index (χ2n) is 1.09. The number of carbonyl (C=O) groups is 1. The van der Waals surface area contributed by atoms with E-state index in [1.807, 2.05) is 0 Å². The second-order valence-corrected chi connectivity index (χ2v) is 1.87. The molecule has 2 nitrogen and oxygen atoms in total. The molecule has 0 aliphatic carbocycles. The van der Waals surface area contributed by atoms with Crippen LogP contribution < -0.4 is 5.73 Å². The fourth-order valence-corrected chi connectivity index (χ4v) is 0. The molecule has 0 rings (SSSR count). The van der Waals surface area contributed by atoms with Crippen molar-refractivity contribution in [1.29, 1.82) is 0 Å². The molecular formula is C3H6BrNO. The lowest BCUT2D eigenvalue weighted by Gasteiger charge is -1.89. The molecule has 0 aromatic carbocycles. The first-order valence-corrected chi connectivity index (χ1v) is 2.39. The maximum atomic E-state index is 9.94. The van der Waals surface area contributed by atoms with Crippen LogP contribution >= 0.6 is 15.9 Å². The summed E-state index contributed by atoms with van der Waals surface area (Å²) in [7, 11) is 0. The summed E-state index contributed by atoms with van der Waals surface area (Å²) >= 11 is 2.67. The number of rotatable bonds is 1. The van der Waals surface area contributed by atoms with Gasteiger partial charge in [0.05, 0.1) is 6.04 Å². The van der Waals surface area contributed by atoms with Gasteiger partial charge in [-0.2, -0.15) is 0 Å². The highest BCUT2D eigenvalue weighted by molar-refractivity contribution is 9.18. The molecule has 0 amide bonds. The normalized spacial score (nSPS) is 13.8. The SMILES string of the molecule is C[C@@H](N)C(=O)Br. The predicted octanol–water partition coefficient (Wildman–Crippen LogP) is 0.255. The maximum Gasteiger partial charge on any atom is 0.214 e. The molecular weight excluding hydrogens is 146 g/mol. The molecule has 0 bridgehead atoms. The highest BCUT2D eigenvalue weighted by Gasteiger charge is 1.97. The molecule has 0 heterocycles. The Morgan fingerprint density at radius 2 is 2.17 bits per heavy atom. The second kappa shape index (κ2) is 2.31. The molecule has 0 saturated carbocycles. The lowest BCUT2D eigenvalue weighted by molar-refractivity contribution is -0.111. The molecule has 0 fully saturated rings. The largest absolute Gasteiger partial charge is 0.321 e. The zero-order valence-electron chi connectivity index (χ0n) is 3.44. The summed E-state index contributed by atoms with van der Waals surface area (Å²) in [5.41, 5.74) is 5.04. The highest BCUT2D eigenvalue weighted by Crippen LogP contribution is 1.86. The van der Waals surface area contributed by atoms with Crippen LogP contribution in [0.3, 0.4) is 0 Å². The van der Waals surface area contributed by atoms with E-state index < -0.39 is 0 Å². The third-order valence-electron chi connectivity index (χ3n) is 0.358. The van der Waals surface area contributed by atoms with Crippen LogP contribution in [0.25, 0.3) is 0 Å². The Labute approximate surface area is 44.8 Å². The first-order valence-electron chi connectivity index (χ1n) is 1.59. The summed E-state index contributed by atoms with van der Waals surface area (Å²) in [6.07, 6.45) is 0. The Bertz CT molecular complexity index is 61.8. The van der Waals surface area contributed by atoms with E-state index in [2.05, 4.69) is 15.9 Å². The van der Waals surface area contributed by atoms with Gasteiger partial charge in [-0.25, -0.2) is 0 Å². The molecule has 36 valence electrons. The summed E-state index contributed by atoms with van der Waals surface area (Å²) in [6.45, 7) is 1.62. The van der Waals surface area contributed by atoms with Gasteiger partial charge >= 0.3 is 0 Å². The molecule has 0 unspecified atom stereocenters. The van der Waals surface area contributed by atoms with Crippen LogP contribution in [0, 0.1) is 0 Å². The highest BCUT2D eigenvalue weighted by atomic mass is 79.9. The van der Waals surface area contributed by atoms with Crippen LogP contribution in [0.5, 0.6) is 0 Å². The number of hydrogen-bond donors (Lipinski definition) is 1. The average molecular weight is 152 g/mol.